The number of hydrogen-bond acceptors (Lipinski definition) is 4. The molecule has 6 nitrogen and oxygen atoms in total. The van der Waals surface area contributed by atoms with Crippen molar-refractivity contribution in [3.8, 4) is 11.5 Å². The first-order valence-electron chi connectivity index (χ1n) is 13.1. The highest BCUT2D eigenvalue weighted by atomic mass is 16.5. The van der Waals surface area contributed by atoms with Gasteiger partial charge in [-0.15, -0.1) is 0 Å². The molecule has 0 aromatic heterocycles. The van der Waals surface area contributed by atoms with Crippen LogP contribution in [-0.4, -0.2) is 35.4 Å². The summed E-state index contributed by atoms with van der Waals surface area (Å²) >= 11 is 0. The lowest BCUT2D eigenvalue weighted by Gasteiger charge is -2.13. The van der Waals surface area contributed by atoms with Crippen molar-refractivity contribution < 1.29 is 29.3 Å². The second-order valence-corrected chi connectivity index (χ2v) is 9.25. The molecule has 0 fully saturated rings. The molecule has 0 heterocycles. The average Bonchev–Trinajstić information content (AvgIpc) is 2.92. The van der Waals surface area contributed by atoms with Crippen LogP contribution in [0.5, 0.6) is 11.5 Å². The number of carboxylic acid groups (broad SMARTS) is 2. The van der Waals surface area contributed by atoms with Gasteiger partial charge in [0.05, 0.1) is 18.8 Å². The Balaban J connectivity index is 1.49. The van der Waals surface area contributed by atoms with E-state index in [1.54, 1.807) is 12.1 Å². The lowest BCUT2D eigenvalue weighted by atomic mass is 9.92. The van der Waals surface area contributed by atoms with Gasteiger partial charge in [-0.25, -0.2) is 4.79 Å². The highest BCUT2D eigenvalue weighted by Gasteiger charge is 2.09. The first kappa shape index (κ1) is 28.5. The molecule has 1 unspecified atom stereocenters. The SMILES string of the molecule is O=C(O)CCCCC(/C=C\Cc1cccc(OCCCOc2ccccc2)c1)Cc1ccc(C(=O)O)cc1. The molecule has 0 aliphatic rings. The molecule has 0 radical (unpaired) electrons. The maximum Gasteiger partial charge on any atom is 0.335 e. The molecule has 0 saturated carbocycles. The molecule has 6 heteroatoms. The zero-order chi connectivity index (χ0) is 27.0. The summed E-state index contributed by atoms with van der Waals surface area (Å²) in [4.78, 5) is 22.0. The summed E-state index contributed by atoms with van der Waals surface area (Å²) in [5.41, 5.74) is 2.48. The maximum atomic E-state index is 11.1. The fraction of sp³-hybridized carbons (Fsp3) is 0.312. The molecule has 0 aliphatic heterocycles. The van der Waals surface area contributed by atoms with Crippen LogP contribution >= 0.6 is 0 Å². The topological polar surface area (TPSA) is 93.1 Å². The third kappa shape index (κ3) is 10.9. The smallest absolute Gasteiger partial charge is 0.335 e. The number of benzene rings is 3. The van der Waals surface area contributed by atoms with Crippen molar-refractivity contribution in [3.63, 3.8) is 0 Å². The zero-order valence-corrected chi connectivity index (χ0v) is 21.6. The molecule has 2 N–H and O–H groups in total. The molecule has 0 saturated heterocycles. The average molecular weight is 517 g/mol. The van der Waals surface area contributed by atoms with Crippen molar-refractivity contribution in [2.24, 2.45) is 5.92 Å². The standard InChI is InChI=1S/C32H36O6/c33-31(34)16-5-4-9-25(23-27-17-19-28(20-18-27)32(35)36)10-6-11-26-12-7-15-30(24-26)38-22-8-21-37-29-13-2-1-3-14-29/h1-3,6-7,10,12-15,17-20,24-25H,4-5,8-9,11,16,21-23H2,(H,33,34)(H,35,36)/b10-6-. The molecule has 0 spiro atoms. The van der Waals surface area contributed by atoms with Crippen molar-refractivity contribution >= 4 is 11.9 Å². The minimum Gasteiger partial charge on any atom is -0.493 e. The fourth-order valence-electron chi connectivity index (χ4n) is 4.15. The van der Waals surface area contributed by atoms with Gasteiger partial charge in [0.15, 0.2) is 0 Å². The number of aliphatic carboxylic acids is 1. The van der Waals surface area contributed by atoms with Gasteiger partial charge in [0.2, 0.25) is 0 Å². The van der Waals surface area contributed by atoms with E-state index in [-0.39, 0.29) is 17.9 Å². The van der Waals surface area contributed by atoms with Gasteiger partial charge in [0, 0.05) is 12.8 Å². The first-order chi connectivity index (χ1) is 18.5. The molecule has 0 amide bonds. The van der Waals surface area contributed by atoms with Gasteiger partial charge in [-0.05, 0) is 79.1 Å². The Bertz CT molecular complexity index is 1150. The van der Waals surface area contributed by atoms with Crippen LogP contribution in [0.3, 0.4) is 0 Å². The molecule has 3 aromatic carbocycles. The Hall–Kier alpha value is -4.06. The van der Waals surface area contributed by atoms with Crippen LogP contribution in [0, 0.1) is 5.92 Å². The van der Waals surface area contributed by atoms with Gasteiger partial charge in [0.1, 0.15) is 11.5 Å². The lowest BCUT2D eigenvalue weighted by molar-refractivity contribution is -0.137. The van der Waals surface area contributed by atoms with Gasteiger partial charge < -0.3 is 19.7 Å². The Morgan fingerprint density at radius 2 is 1.47 bits per heavy atom. The molecule has 0 aliphatic carbocycles. The van der Waals surface area contributed by atoms with Crippen LogP contribution in [-0.2, 0) is 17.6 Å². The summed E-state index contributed by atoms with van der Waals surface area (Å²) in [5.74, 6) is 0.224. The van der Waals surface area contributed by atoms with E-state index in [4.69, 9.17) is 19.7 Å². The van der Waals surface area contributed by atoms with E-state index in [2.05, 4.69) is 24.3 Å². The monoisotopic (exact) mass is 516 g/mol. The second kappa shape index (κ2) is 15.9. The summed E-state index contributed by atoms with van der Waals surface area (Å²) in [7, 11) is 0. The predicted molar refractivity (Wildman–Crippen MR) is 148 cm³/mol. The van der Waals surface area contributed by atoms with Gasteiger partial charge in [-0.2, -0.15) is 0 Å². The summed E-state index contributed by atoms with van der Waals surface area (Å²) in [5, 5.41) is 18.1. The lowest BCUT2D eigenvalue weighted by Crippen LogP contribution is -2.05. The number of carboxylic acids is 2. The maximum absolute atomic E-state index is 11.1. The van der Waals surface area contributed by atoms with E-state index in [0.29, 0.717) is 19.6 Å². The largest absolute Gasteiger partial charge is 0.493 e. The van der Waals surface area contributed by atoms with E-state index in [9.17, 15) is 9.59 Å². The zero-order valence-electron chi connectivity index (χ0n) is 21.6. The van der Waals surface area contributed by atoms with Crippen LogP contribution in [0.4, 0.5) is 0 Å². The number of hydrogen-bond donors (Lipinski definition) is 2. The highest BCUT2D eigenvalue weighted by molar-refractivity contribution is 5.87. The third-order valence-electron chi connectivity index (χ3n) is 6.14. The Morgan fingerprint density at radius 3 is 2.18 bits per heavy atom. The van der Waals surface area contributed by atoms with E-state index in [0.717, 1.165) is 54.7 Å². The Kier molecular flexibility index (Phi) is 11.9. The van der Waals surface area contributed by atoms with E-state index < -0.39 is 11.9 Å². The van der Waals surface area contributed by atoms with Crippen LogP contribution in [0.25, 0.3) is 0 Å². The number of para-hydroxylation sites is 1. The molecule has 38 heavy (non-hydrogen) atoms. The number of rotatable bonds is 17. The quantitative estimate of drug-likeness (QED) is 0.151. The van der Waals surface area contributed by atoms with Gasteiger partial charge >= 0.3 is 11.9 Å². The van der Waals surface area contributed by atoms with Gasteiger partial charge in [0.25, 0.3) is 0 Å². The Morgan fingerprint density at radius 1 is 0.763 bits per heavy atom. The van der Waals surface area contributed by atoms with Crippen LogP contribution in [0.2, 0.25) is 0 Å². The molecule has 3 aromatic rings. The van der Waals surface area contributed by atoms with Crippen molar-refractivity contribution in [2.75, 3.05) is 13.2 Å². The van der Waals surface area contributed by atoms with E-state index in [1.807, 2.05) is 54.6 Å². The summed E-state index contributed by atoms with van der Waals surface area (Å²) in [6.07, 6.45) is 9.19. The minimum atomic E-state index is -0.937. The highest BCUT2D eigenvalue weighted by Crippen LogP contribution is 2.20. The number of aromatic carboxylic acids is 1. The molecule has 3 rings (SSSR count). The summed E-state index contributed by atoms with van der Waals surface area (Å²) in [6, 6.07) is 24.8. The number of unbranched alkanes of at least 4 members (excludes halogenated alkanes) is 1. The van der Waals surface area contributed by atoms with Crippen molar-refractivity contribution in [1.29, 1.82) is 0 Å². The third-order valence-corrected chi connectivity index (χ3v) is 6.14. The van der Waals surface area contributed by atoms with Crippen LogP contribution < -0.4 is 9.47 Å². The predicted octanol–water partition coefficient (Wildman–Crippen LogP) is 6.84. The normalized spacial score (nSPS) is 11.8. The fourth-order valence-corrected chi connectivity index (χ4v) is 4.15. The number of allylic oxidation sites excluding steroid dienone is 2. The minimum absolute atomic E-state index is 0.176. The van der Waals surface area contributed by atoms with E-state index >= 15 is 0 Å². The number of carbonyl (C=O) groups is 2. The van der Waals surface area contributed by atoms with Gasteiger partial charge in [-0.1, -0.05) is 61.0 Å². The van der Waals surface area contributed by atoms with Crippen LogP contribution in [0.1, 0.15) is 53.6 Å². The molecule has 1 atom stereocenters. The Labute approximate surface area is 224 Å². The molecule has 200 valence electrons. The van der Waals surface area contributed by atoms with E-state index in [1.165, 1.54) is 0 Å². The summed E-state index contributed by atoms with van der Waals surface area (Å²) in [6.45, 7) is 1.17. The molecular formula is C32H36O6. The van der Waals surface area contributed by atoms with Crippen molar-refractivity contribution in [2.45, 2.75) is 44.9 Å². The molecular weight excluding hydrogens is 480 g/mol. The van der Waals surface area contributed by atoms with Crippen LogP contribution in [0.15, 0.2) is 91.0 Å². The number of ether oxygens (including phenoxy) is 2. The summed E-state index contributed by atoms with van der Waals surface area (Å²) < 4.78 is 11.6. The first-order valence-corrected chi connectivity index (χ1v) is 13.1. The van der Waals surface area contributed by atoms with Crippen molar-refractivity contribution in [1.82, 2.24) is 0 Å². The van der Waals surface area contributed by atoms with Crippen molar-refractivity contribution in [3.05, 3.63) is 108 Å². The molecule has 0 bridgehead atoms. The second-order valence-electron chi connectivity index (χ2n) is 9.25. The van der Waals surface area contributed by atoms with Gasteiger partial charge in [-0.3, -0.25) is 4.79 Å².